The molecule has 21 heavy (non-hydrogen) atoms. The van der Waals surface area contributed by atoms with E-state index in [9.17, 15) is 14.9 Å². The molecule has 1 aromatic rings. The molecule has 0 radical (unpaired) electrons. The first kappa shape index (κ1) is 15.7. The van der Waals surface area contributed by atoms with Gasteiger partial charge >= 0.3 is 0 Å². The number of hydrogen-bond acceptors (Lipinski definition) is 4. The fourth-order valence-electron chi connectivity index (χ4n) is 2.37. The van der Waals surface area contributed by atoms with Gasteiger partial charge in [0.25, 0.3) is 11.6 Å². The molecular formula is C14H17ClN2O4. The predicted octanol–water partition coefficient (Wildman–Crippen LogP) is 2.75. The second-order valence-electron chi connectivity index (χ2n) is 5.00. The van der Waals surface area contributed by atoms with Crippen molar-refractivity contribution in [3.8, 4) is 0 Å². The molecule has 0 spiro atoms. The van der Waals surface area contributed by atoms with Gasteiger partial charge in [-0.25, -0.2) is 0 Å². The number of benzene rings is 1. The maximum Gasteiger partial charge on any atom is 0.287 e. The quantitative estimate of drug-likeness (QED) is 0.619. The standard InChI is InChI=1S/C14H17ClN2O4/c1-2-16(8-10-5-6-21-9-10)14(18)11-3-4-13(17(19)20)12(15)7-11/h3-4,7,10H,2,5-6,8-9H2,1H3. The van der Waals surface area contributed by atoms with E-state index >= 15 is 0 Å². The van der Waals surface area contributed by atoms with Gasteiger partial charge in [-0.05, 0) is 25.5 Å². The third kappa shape index (κ3) is 3.71. The fraction of sp³-hybridized carbons (Fsp3) is 0.500. The Bertz CT molecular complexity index is 544. The molecule has 1 saturated heterocycles. The molecule has 0 aliphatic carbocycles. The Morgan fingerprint density at radius 2 is 2.33 bits per heavy atom. The summed E-state index contributed by atoms with van der Waals surface area (Å²) in [5.41, 5.74) is 0.173. The van der Waals surface area contributed by atoms with Crippen molar-refractivity contribution in [2.45, 2.75) is 13.3 Å². The summed E-state index contributed by atoms with van der Waals surface area (Å²) in [6, 6.07) is 4.07. The minimum atomic E-state index is -0.565. The molecule has 2 rings (SSSR count). The Labute approximate surface area is 127 Å². The maximum absolute atomic E-state index is 12.5. The molecule has 0 aromatic heterocycles. The molecule has 1 heterocycles. The molecule has 1 aliphatic rings. The largest absolute Gasteiger partial charge is 0.381 e. The number of nitro groups is 1. The smallest absolute Gasteiger partial charge is 0.287 e. The number of nitrogens with zero attached hydrogens (tertiary/aromatic N) is 2. The van der Waals surface area contributed by atoms with Crippen molar-refractivity contribution in [1.82, 2.24) is 4.90 Å². The van der Waals surface area contributed by atoms with Crippen molar-refractivity contribution in [3.05, 3.63) is 38.9 Å². The number of ether oxygens (including phenoxy) is 1. The SMILES string of the molecule is CCN(CC1CCOC1)C(=O)c1ccc([N+](=O)[O-])c(Cl)c1. The van der Waals surface area contributed by atoms with E-state index in [0.29, 0.717) is 31.2 Å². The number of rotatable bonds is 5. The van der Waals surface area contributed by atoms with Gasteiger partial charge in [0, 0.05) is 37.2 Å². The highest BCUT2D eigenvalue weighted by molar-refractivity contribution is 6.33. The maximum atomic E-state index is 12.5. The third-order valence-electron chi connectivity index (χ3n) is 3.56. The lowest BCUT2D eigenvalue weighted by atomic mass is 10.1. The summed E-state index contributed by atoms with van der Waals surface area (Å²) >= 11 is 5.85. The van der Waals surface area contributed by atoms with Crippen molar-refractivity contribution >= 4 is 23.2 Å². The molecule has 1 unspecified atom stereocenters. The van der Waals surface area contributed by atoms with Crippen LogP contribution < -0.4 is 0 Å². The lowest BCUT2D eigenvalue weighted by molar-refractivity contribution is -0.384. The summed E-state index contributed by atoms with van der Waals surface area (Å²) < 4.78 is 5.32. The summed E-state index contributed by atoms with van der Waals surface area (Å²) in [6.45, 7) is 4.51. The van der Waals surface area contributed by atoms with Crippen molar-refractivity contribution in [1.29, 1.82) is 0 Å². The summed E-state index contributed by atoms with van der Waals surface area (Å²) in [5.74, 6) is 0.184. The van der Waals surface area contributed by atoms with Gasteiger partial charge in [0.2, 0.25) is 0 Å². The second-order valence-corrected chi connectivity index (χ2v) is 5.40. The number of halogens is 1. The van der Waals surface area contributed by atoms with Crippen LogP contribution >= 0.6 is 11.6 Å². The van der Waals surface area contributed by atoms with Crippen LogP contribution in [0.5, 0.6) is 0 Å². The highest BCUT2D eigenvalue weighted by Gasteiger charge is 2.23. The average molecular weight is 313 g/mol. The van der Waals surface area contributed by atoms with Crippen LogP contribution in [0.15, 0.2) is 18.2 Å². The summed E-state index contributed by atoms with van der Waals surface area (Å²) in [5, 5.41) is 10.7. The first-order valence-corrected chi connectivity index (χ1v) is 7.21. The van der Waals surface area contributed by atoms with Gasteiger partial charge in [0.1, 0.15) is 5.02 Å². The normalized spacial score (nSPS) is 17.7. The lowest BCUT2D eigenvalue weighted by Crippen LogP contribution is -2.35. The highest BCUT2D eigenvalue weighted by atomic mass is 35.5. The molecule has 0 bridgehead atoms. The van der Waals surface area contributed by atoms with Crippen molar-refractivity contribution in [2.75, 3.05) is 26.3 Å². The Kier molecular flexibility index (Phi) is 5.14. The number of carbonyl (C=O) groups excluding carboxylic acids is 1. The molecule has 1 aromatic carbocycles. The summed E-state index contributed by atoms with van der Waals surface area (Å²) in [7, 11) is 0. The van der Waals surface area contributed by atoms with Gasteiger partial charge < -0.3 is 9.64 Å². The van der Waals surface area contributed by atoms with Crippen LogP contribution in [-0.2, 0) is 4.74 Å². The van der Waals surface area contributed by atoms with E-state index in [1.165, 1.54) is 18.2 Å². The first-order chi connectivity index (χ1) is 10.0. The molecular weight excluding hydrogens is 296 g/mol. The summed E-state index contributed by atoms with van der Waals surface area (Å²) in [4.78, 5) is 24.3. The minimum absolute atomic E-state index is 0.0221. The van der Waals surface area contributed by atoms with E-state index in [2.05, 4.69) is 0 Å². The van der Waals surface area contributed by atoms with Crippen LogP contribution in [0.25, 0.3) is 0 Å². The Morgan fingerprint density at radius 3 is 2.86 bits per heavy atom. The average Bonchev–Trinajstić information content (AvgIpc) is 2.96. The van der Waals surface area contributed by atoms with Gasteiger partial charge in [-0.15, -0.1) is 0 Å². The topological polar surface area (TPSA) is 72.7 Å². The van der Waals surface area contributed by atoms with E-state index in [1.807, 2.05) is 6.92 Å². The molecule has 6 nitrogen and oxygen atoms in total. The third-order valence-corrected chi connectivity index (χ3v) is 3.87. The minimum Gasteiger partial charge on any atom is -0.381 e. The van der Waals surface area contributed by atoms with E-state index < -0.39 is 4.92 Å². The highest BCUT2D eigenvalue weighted by Crippen LogP contribution is 2.26. The first-order valence-electron chi connectivity index (χ1n) is 6.84. The van der Waals surface area contributed by atoms with Crippen LogP contribution in [0.2, 0.25) is 5.02 Å². The summed E-state index contributed by atoms with van der Waals surface area (Å²) in [6.07, 6.45) is 0.949. The van der Waals surface area contributed by atoms with E-state index in [1.54, 1.807) is 4.90 Å². The number of nitro benzene ring substituents is 1. The molecule has 7 heteroatoms. The van der Waals surface area contributed by atoms with Gasteiger partial charge in [0.05, 0.1) is 11.5 Å². The zero-order valence-electron chi connectivity index (χ0n) is 11.8. The van der Waals surface area contributed by atoms with Gasteiger partial charge in [-0.2, -0.15) is 0 Å². The van der Waals surface area contributed by atoms with Crippen LogP contribution in [0.4, 0.5) is 5.69 Å². The molecule has 1 aliphatic heterocycles. The van der Waals surface area contributed by atoms with E-state index in [-0.39, 0.29) is 16.6 Å². The molecule has 0 saturated carbocycles. The van der Waals surface area contributed by atoms with Crippen molar-refractivity contribution in [3.63, 3.8) is 0 Å². The zero-order chi connectivity index (χ0) is 15.4. The van der Waals surface area contributed by atoms with Gasteiger partial charge in [-0.1, -0.05) is 11.6 Å². The van der Waals surface area contributed by atoms with Crippen LogP contribution in [0.3, 0.4) is 0 Å². The van der Waals surface area contributed by atoms with Crippen molar-refractivity contribution < 1.29 is 14.5 Å². The molecule has 114 valence electrons. The van der Waals surface area contributed by atoms with E-state index in [4.69, 9.17) is 16.3 Å². The predicted molar refractivity (Wildman–Crippen MR) is 78.6 cm³/mol. The molecule has 1 fully saturated rings. The number of hydrogen-bond donors (Lipinski definition) is 0. The molecule has 0 N–H and O–H groups in total. The van der Waals surface area contributed by atoms with Crippen LogP contribution in [0.1, 0.15) is 23.7 Å². The Morgan fingerprint density at radius 1 is 1.57 bits per heavy atom. The second kappa shape index (κ2) is 6.87. The fourth-order valence-corrected chi connectivity index (χ4v) is 2.61. The Balaban J connectivity index is 2.13. The Hall–Kier alpha value is -1.66. The monoisotopic (exact) mass is 312 g/mol. The number of carbonyl (C=O) groups is 1. The van der Waals surface area contributed by atoms with Gasteiger partial charge in [-0.3, -0.25) is 14.9 Å². The van der Waals surface area contributed by atoms with Crippen molar-refractivity contribution in [2.24, 2.45) is 5.92 Å². The lowest BCUT2D eigenvalue weighted by Gasteiger charge is -2.23. The van der Waals surface area contributed by atoms with Crippen LogP contribution in [-0.4, -0.2) is 42.0 Å². The number of amides is 1. The molecule has 1 amide bonds. The molecule has 1 atom stereocenters. The van der Waals surface area contributed by atoms with Crippen LogP contribution in [0, 0.1) is 16.0 Å². The van der Waals surface area contributed by atoms with E-state index in [0.717, 1.165) is 13.0 Å². The van der Waals surface area contributed by atoms with Gasteiger partial charge in [0.15, 0.2) is 0 Å². The zero-order valence-corrected chi connectivity index (χ0v) is 12.5.